The van der Waals surface area contributed by atoms with Crippen LogP contribution in [0.3, 0.4) is 0 Å². The van der Waals surface area contributed by atoms with E-state index in [0.717, 1.165) is 0 Å². The Morgan fingerprint density at radius 1 is 0.245 bits per heavy atom. The van der Waals surface area contributed by atoms with E-state index in [0.29, 0.717) is 0 Å². The van der Waals surface area contributed by atoms with Crippen molar-refractivity contribution in [1.82, 2.24) is 0 Å². The molecular weight excluding hydrogens is 859 g/mol. The smallest absolute Gasteiger partial charge is 0.203 e. The molecule has 0 saturated heterocycles. The summed E-state index contributed by atoms with van der Waals surface area (Å²) < 4.78 is 436. The maximum Gasteiger partial charge on any atom is 0.375 e. The van der Waals surface area contributed by atoms with Crippen LogP contribution in [0.2, 0.25) is 25.3 Å². The summed E-state index contributed by atoms with van der Waals surface area (Å²) in [6.45, 7) is 0. The van der Waals surface area contributed by atoms with Crippen molar-refractivity contribution in [2.75, 3.05) is 0 Å². The molecule has 33 heteroatoms. The third-order valence-corrected chi connectivity index (χ3v) is 7.37. The van der Waals surface area contributed by atoms with Crippen molar-refractivity contribution in [3.05, 3.63) is 0 Å². The molecule has 0 nitrogen and oxygen atoms in total. The summed E-state index contributed by atoms with van der Waals surface area (Å²) in [5.74, 6) is -97.8. The zero-order valence-electron chi connectivity index (χ0n) is 23.8. The van der Waals surface area contributed by atoms with Gasteiger partial charge in [-0.3, -0.25) is 0 Å². The molecule has 0 aliphatic heterocycles. The van der Waals surface area contributed by atoms with E-state index in [2.05, 4.69) is 0 Å². The minimum Gasteiger partial charge on any atom is -0.203 e. The summed E-state index contributed by atoms with van der Waals surface area (Å²) in [7, 11) is 0. The van der Waals surface area contributed by atoms with E-state index >= 15 is 0 Å². The van der Waals surface area contributed by atoms with Crippen LogP contribution >= 0.6 is 0 Å². The standard InChI is InChI=1S/C20H12BF32/c22-5(23)13(38,39)17(46,47)9(30,31)1-21(2-10(32,33)18(48,49)14(40,41)6(24)25,3-11(34,35)19(50,51)15(42,43)7(26)27)4-12(36,37)20(52,53)16(44,45)8(28)29/h5-8H,1-4H2/q-1. The van der Waals surface area contributed by atoms with E-state index in [1.54, 1.807) is 0 Å². The number of hydrogen-bond acceptors (Lipinski definition) is 0. The topological polar surface area (TPSA) is 0 Å². The third kappa shape index (κ3) is 8.21. The second-order valence-corrected chi connectivity index (χ2v) is 11.4. The van der Waals surface area contributed by atoms with Crippen molar-refractivity contribution in [2.45, 2.75) is 122 Å². The molecule has 0 heterocycles. The first-order valence-electron chi connectivity index (χ1n) is 12.5. The molecule has 320 valence electrons. The van der Waals surface area contributed by atoms with Crippen molar-refractivity contribution >= 4 is 6.15 Å². The van der Waals surface area contributed by atoms with Crippen LogP contribution in [0.1, 0.15) is 0 Å². The van der Waals surface area contributed by atoms with E-state index in [1.807, 2.05) is 0 Å². The van der Waals surface area contributed by atoms with Gasteiger partial charge in [-0.2, -0.15) is 70.2 Å². The average molecular weight is 871 g/mol. The Balaban J connectivity index is 8.74. The summed E-state index contributed by atoms with van der Waals surface area (Å²) in [4.78, 5) is 0. The molecule has 53 heavy (non-hydrogen) atoms. The molecule has 0 rings (SSSR count). The lowest BCUT2D eigenvalue weighted by atomic mass is 9.15. The normalized spacial score (nSPS) is 16.5. The monoisotopic (exact) mass is 871 g/mol. The zero-order valence-corrected chi connectivity index (χ0v) is 23.8. The Hall–Kier alpha value is -2.18. The number of alkyl halides is 32. The van der Waals surface area contributed by atoms with Crippen LogP contribution in [-0.2, 0) is 0 Å². The quantitative estimate of drug-likeness (QED) is 0.0845. The number of hydrogen-bond donors (Lipinski definition) is 0. The van der Waals surface area contributed by atoms with E-state index in [1.165, 1.54) is 0 Å². The second-order valence-electron chi connectivity index (χ2n) is 11.4. The van der Waals surface area contributed by atoms with Crippen LogP contribution in [-0.4, -0.2) is 103 Å². The van der Waals surface area contributed by atoms with Gasteiger partial charge in [0.1, 0.15) is 0 Å². The Kier molecular flexibility index (Phi) is 13.5. The minimum atomic E-state index is -8.39. The van der Waals surface area contributed by atoms with Gasteiger partial charge < -0.3 is 0 Å². The summed E-state index contributed by atoms with van der Waals surface area (Å²) >= 11 is 0. The fourth-order valence-corrected chi connectivity index (χ4v) is 4.64. The van der Waals surface area contributed by atoms with Gasteiger partial charge in [-0.05, 0) is 0 Å². The molecule has 0 saturated carbocycles. The number of halogens is 32. The largest absolute Gasteiger partial charge is 0.375 e. The van der Waals surface area contributed by atoms with Gasteiger partial charge in [-0.15, -0.1) is 25.3 Å². The van der Waals surface area contributed by atoms with Crippen molar-refractivity contribution < 1.29 is 140 Å². The van der Waals surface area contributed by atoms with Gasteiger partial charge in [-0.25, -0.2) is 70.2 Å². The van der Waals surface area contributed by atoms with Crippen LogP contribution in [0.15, 0.2) is 0 Å². The van der Waals surface area contributed by atoms with Gasteiger partial charge in [-0.1, -0.05) is 0 Å². The summed E-state index contributed by atoms with van der Waals surface area (Å²) in [5.41, 5.74) is 0. The lowest BCUT2D eigenvalue weighted by Crippen LogP contribution is -2.68. The molecule has 0 atom stereocenters. The van der Waals surface area contributed by atoms with E-state index < -0.39 is 128 Å². The molecule has 0 aromatic rings. The highest BCUT2D eigenvalue weighted by Gasteiger charge is 2.82. The van der Waals surface area contributed by atoms with Crippen LogP contribution < -0.4 is 0 Å². The zero-order chi connectivity index (χ0) is 43.6. The second kappa shape index (κ2) is 14.1. The molecule has 0 N–H and O–H groups in total. The van der Waals surface area contributed by atoms with Gasteiger partial charge in [0.2, 0.25) is 0 Å². The van der Waals surface area contributed by atoms with Gasteiger partial charge >= 0.3 is 73.1 Å². The molecule has 0 fully saturated rings. The lowest BCUT2D eigenvalue weighted by Gasteiger charge is -2.51. The highest BCUT2D eigenvalue weighted by molar-refractivity contribution is 6.80. The van der Waals surface area contributed by atoms with Crippen LogP contribution in [0.4, 0.5) is 140 Å². The van der Waals surface area contributed by atoms with Crippen molar-refractivity contribution in [3.63, 3.8) is 0 Å². The van der Waals surface area contributed by atoms with Crippen LogP contribution in [0.5, 0.6) is 0 Å². The third-order valence-electron chi connectivity index (χ3n) is 7.37. The molecule has 0 radical (unpaired) electrons. The maximum absolute atomic E-state index is 14.6. The van der Waals surface area contributed by atoms with Gasteiger partial charge in [0.25, 0.3) is 23.7 Å². The maximum atomic E-state index is 14.6. The van der Waals surface area contributed by atoms with E-state index in [-0.39, 0.29) is 0 Å². The lowest BCUT2D eigenvalue weighted by molar-refractivity contribution is -0.340. The Labute approximate surface area is 270 Å². The summed E-state index contributed by atoms with van der Waals surface area (Å²) in [5, 5.41) is 0. The predicted octanol–water partition coefficient (Wildman–Crippen LogP) is 12.1. The Bertz CT molecular complexity index is 1040. The van der Waals surface area contributed by atoms with Crippen molar-refractivity contribution in [3.8, 4) is 0 Å². The minimum absolute atomic E-state index is 5.34. The first-order chi connectivity index (χ1) is 22.6. The first kappa shape index (κ1) is 50.8. The fourth-order valence-electron chi connectivity index (χ4n) is 4.64. The highest BCUT2D eigenvalue weighted by Crippen LogP contribution is 2.62. The molecule has 0 spiro atoms. The van der Waals surface area contributed by atoms with Gasteiger partial charge in [0, 0.05) is 6.15 Å². The van der Waals surface area contributed by atoms with Crippen LogP contribution in [0.25, 0.3) is 0 Å². The Morgan fingerprint density at radius 3 is 0.453 bits per heavy atom. The molecule has 0 bridgehead atoms. The van der Waals surface area contributed by atoms with Crippen LogP contribution in [0, 0.1) is 0 Å². The molecule has 0 amide bonds. The predicted molar refractivity (Wildman–Crippen MR) is 108 cm³/mol. The average Bonchev–Trinajstić information content (AvgIpc) is 2.90. The van der Waals surface area contributed by atoms with Crippen molar-refractivity contribution in [1.29, 1.82) is 0 Å². The molecule has 0 aromatic heterocycles. The summed E-state index contributed by atoms with van der Waals surface area (Å²) in [6.07, 6.45) is -54.8. The van der Waals surface area contributed by atoms with E-state index in [4.69, 9.17) is 0 Å². The fraction of sp³-hybridized carbons (Fsp3) is 1.00. The molecule has 0 aliphatic rings. The van der Waals surface area contributed by atoms with Crippen molar-refractivity contribution in [2.24, 2.45) is 0 Å². The van der Waals surface area contributed by atoms with E-state index in [9.17, 15) is 140 Å². The molecule has 0 aliphatic carbocycles. The SMILES string of the molecule is FC(F)C(F)(F)C(F)(F)C(F)(F)C[B-](CC(F)(F)C(F)(F)C(F)(F)C(F)F)(CC(F)(F)C(F)(F)C(F)(F)C(F)F)CC(F)(F)C(F)(F)C(F)(F)C(F)F. The Morgan fingerprint density at radius 2 is 0.358 bits per heavy atom. The summed E-state index contributed by atoms with van der Waals surface area (Å²) in [6, 6.07) is 0. The molecular formula is C20H12BF32-. The highest BCUT2D eigenvalue weighted by atomic mass is 19.4. The molecule has 0 aromatic carbocycles. The first-order valence-corrected chi connectivity index (χ1v) is 12.5. The van der Waals surface area contributed by atoms with Gasteiger partial charge in [0.05, 0.1) is 0 Å². The van der Waals surface area contributed by atoms with Gasteiger partial charge in [0.15, 0.2) is 0 Å². The number of rotatable bonds is 20. The molecule has 0 unspecified atom stereocenters.